The molecule has 0 bridgehead atoms. The first-order valence-electron chi connectivity index (χ1n) is 6.50. The molecule has 1 amide bonds. The van der Waals surface area contributed by atoms with Crippen LogP contribution in [0.15, 0.2) is 18.2 Å². The Hall–Kier alpha value is -1.60. The Morgan fingerprint density at radius 2 is 2.00 bits per heavy atom. The maximum atomic E-state index is 12.4. The first-order chi connectivity index (χ1) is 9.85. The Morgan fingerprint density at radius 1 is 1.36 bits per heavy atom. The van der Waals surface area contributed by atoms with E-state index in [0.717, 1.165) is 0 Å². The summed E-state index contributed by atoms with van der Waals surface area (Å²) < 4.78 is 34.2. The summed E-state index contributed by atoms with van der Waals surface area (Å²) in [4.78, 5) is 11.8. The monoisotopic (exact) mass is 338 g/mol. The van der Waals surface area contributed by atoms with Crippen molar-refractivity contribution in [2.45, 2.75) is 33.0 Å². The number of nitrogens with two attached hydrogens (primary N) is 1. The summed E-state index contributed by atoms with van der Waals surface area (Å²) in [5.74, 6) is 0.0983. The SMILES string of the molecule is COc1ccc(OC(F)F)c(CNC(=O)[C@@H](N)C(C)C)c1.Cl. The van der Waals surface area contributed by atoms with Gasteiger partial charge >= 0.3 is 6.61 Å². The van der Waals surface area contributed by atoms with Crippen LogP contribution in [0.4, 0.5) is 8.78 Å². The maximum absolute atomic E-state index is 12.4. The Morgan fingerprint density at radius 3 is 2.50 bits per heavy atom. The molecule has 0 heterocycles. The van der Waals surface area contributed by atoms with Crippen molar-refractivity contribution in [3.8, 4) is 11.5 Å². The zero-order valence-electron chi connectivity index (χ0n) is 12.6. The average Bonchev–Trinajstić information content (AvgIpc) is 2.44. The van der Waals surface area contributed by atoms with Gasteiger partial charge in [0.1, 0.15) is 11.5 Å². The van der Waals surface area contributed by atoms with Crippen LogP contribution in [0.25, 0.3) is 0 Å². The predicted molar refractivity (Wildman–Crippen MR) is 81.5 cm³/mol. The number of carbonyl (C=O) groups excluding carboxylic acids is 1. The van der Waals surface area contributed by atoms with E-state index >= 15 is 0 Å². The highest BCUT2D eigenvalue weighted by Gasteiger charge is 2.18. The van der Waals surface area contributed by atoms with Crippen LogP contribution < -0.4 is 20.5 Å². The molecular formula is C14H21ClF2N2O3. The van der Waals surface area contributed by atoms with Crippen molar-refractivity contribution in [1.82, 2.24) is 5.32 Å². The molecule has 1 aromatic rings. The maximum Gasteiger partial charge on any atom is 0.387 e. The topological polar surface area (TPSA) is 73.6 Å². The van der Waals surface area contributed by atoms with E-state index in [-0.39, 0.29) is 36.5 Å². The molecule has 0 unspecified atom stereocenters. The molecule has 1 aromatic carbocycles. The minimum absolute atomic E-state index is 0. The molecular weight excluding hydrogens is 318 g/mol. The summed E-state index contributed by atoms with van der Waals surface area (Å²) in [6.45, 7) is 0.728. The van der Waals surface area contributed by atoms with Crippen LogP contribution in [0, 0.1) is 5.92 Å². The van der Waals surface area contributed by atoms with E-state index in [2.05, 4.69) is 10.1 Å². The summed E-state index contributed by atoms with van der Waals surface area (Å²) in [5.41, 5.74) is 6.10. The van der Waals surface area contributed by atoms with Gasteiger partial charge in [-0.1, -0.05) is 13.8 Å². The number of amides is 1. The first-order valence-corrected chi connectivity index (χ1v) is 6.50. The molecule has 0 radical (unpaired) electrons. The zero-order chi connectivity index (χ0) is 16.0. The molecule has 1 rings (SSSR count). The fourth-order valence-corrected chi connectivity index (χ4v) is 1.63. The lowest BCUT2D eigenvalue weighted by molar-refractivity contribution is -0.123. The summed E-state index contributed by atoms with van der Waals surface area (Å²) in [6, 6.07) is 3.74. The minimum Gasteiger partial charge on any atom is -0.497 e. The first kappa shape index (κ1) is 20.4. The van der Waals surface area contributed by atoms with E-state index in [0.29, 0.717) is 11.3 Å². The second-order valence-corrected chi connectivity index (χ2v) is 4.84. The third kappa shape index (κ3) is 6.03. The molecule has 3 N–H and O–H groups in total. The minimum atomic E-state index is -2.94. The molecule has 126 valence electrons. The number of ether oxygens (including phenoxy) is 2. The molecule has 8 heteroatoms. The number of carbonyl (C=O) groups is 1. The van der Waals surface area contributed by atoms with Gasteiger partial charge in [0.05, 0.1) is 13.2 Å². The number of rotatable bonds is 7. The summed E-state index contributed by atoms with van der Waals surface area (Å²) in [6.07, 6.45) is 0. The molecule has 0 saturated heterocycles. The Balaban J connectivity index is 0.00000441. The Bertz CT molecular complexity index is 487. The van der Waals surface area contributed by atoms with Crippen LogP contribution in [-0.2, 0) is 11.3 Å². The van der Waals surface area contributed by atoms with Crippen molar-refractivity contribution >= 4 is 18.3 Å². The smallest absolute Gasteiger partial charge is 0.387 e. The van der Waals surface area contributed by atoms with Crippen molar-refractivity contribution < 1.29 is 23.0 Å². The van der Waals surface area contributed by atoms with Crippen LogP contribution in [0.2, 0.25) is 0 Å². The van der Waals surface area contributed by atoms with Crippen LogP contribution in [0.5, 0.6) is 11.5 Å². The molecule has 5 nitrogen and oxygen atoms in total. The molecule has 0 aromatic heterocycles. The number of hydrogen-bond donors (Lipinski definition) is 2. The number of hydrogen-bond acceptors (Lipinski definition) is 4. The van der Waals surface area contributed by atoms with Crippen molar-refractivity contribution in [3.05, 3.63) is 23.8 Å². The summed E-state index contributed by atoms with van der Waals surface area (Å²) >= 11 is 0. The van der Waals surface area contributed by atoms with Gasteiger partial charge in [0, 0.05) is 12.1 Å². The number of alkyl halides is 2. The van der Waals surface area contributed by atoms with Crippen LogP contribution in [0.1, 0.15) is 19.4 Å². The quantitative estimate of drug-likeness (QED) is 0.800. The summed E-state index contributed by atoms with van der Waals surface area (Å²) in [7, 11) is 1.46. The van der Waals surface area contributed by atoms with Crippen LogP contribution in [0.3, 0.4) is 0 Å². The van der Waals surface area contributed by atoms with Crippen LogP contribution >= 0.6 is 12.4 Å². The predicted octanol–water partition coefficient (Wildman–Crippen LogP) is 2.32. The van der Waals surface area contributed by atoms with E-state index < -0.39 is 12.7 Å². The lowest BCUT2D eigenvalue weighted by Crippen LogP contribution is -2.43. The van der Waals surface area contributed by atoms with Gasteiger partial charge in [-0.15, -0.1) is 12.4 Å². The van der Waals surface area contributed by atoms with Gasteiger partial charge in [-0.3, -0.25) is 4.79 Å². The van der Waals surface area contributed by atoms with E-state index in [1.165, 1.54) is 25.3 Å². The second-order valence-electron chi connectivity index (χ2n) is 4.84. The van der Waals surface area contributed by atoms with Crippen LogP contribution in [-0.4, -0.2) is 25.7 Å². The largest absolute Gasteiger partial charge is 0.497 e. The molecule has 0 aliphatic rings. The molecule has 0 aliphatic heterocycles. The van der Waals surface area contributed by atoms with Gasteiger partial charge in [0.15, 0.2) is 0 Å². The van der Waals surface area contributed by atoms with Gasteiger partial charge in [0.2, 0.25) is 5.91 Å². The normalized spacial score (nSPS) is 11.8. The molecule has 0 aliphatic carbocycles. The molecule has 0 spiro atoms. The number of methoxy groups -OCH3 is 1. The fraction of sp³-hybridized carbons (Fsp3) is 0.500. The van der Waals surface area contributed by atoms with Gasteiger partial charge in [-0.05, 0) is 24.1 Å². The molecule has 1 atom stereocenters. The highest BCUT2D eigenvalue weighted by Crippen LogP contribution is 2.25. The van der Waals surface area contributed by atoms with Gasteiger partial charge < -0.3 is 20.5 Å². The van der Waals surface area contributed by atoms with Gasteiger partial charge in [-0.2, -0.15) is 8.78 Å². The Kier molecular flexibility index (Phi) is 8.74. The zero-order valence-corrected chi connectivity index (χ0v) is 13.5. The van der Waals surface area contributed by atoms with Crippen molar-refractivity contribution in [1.29, 1.82) is 0 Å². The lowest BCUT2D eigenvalue weighted by Gasteiger charge is -2.17. The number of nitrogens with one attached hydrogen (secondary N) is 1. The third-order valence-electron chi connectivity index (χ3n) is 2.96. The average molecular weight is 339 g/mol. The lowest BCUT2D eigenvalue weighted by atomic mass is 10.0. The van der Waals surface area contributed by atoms with E-state index in [9.17, 15) is 13.6 Å². The van der Waals surface area contributed by atoms with E-state index in [1.54, 1.807) is 0 Å². The molecule has 0 saturated carbocycles. The third-order valence-corrected chi connectivity index (χ3v) is 2.96. The van der Waals surface area contributed by atoms with Crippen molar-refractivity contribution in [2.24, 2.45) is 11.7 Å². The highest BCUT2D eigenvalue weighted by molar-refractivity contribution is 5.85. The highest BCUT2D eigenvalue weighted by atomic mass is 35.5. The van der Waals surface area contributed by atoms with Gasteiger partial charge in [0.25, 0.3) is 0 Å². The Labute approximate surface area is 134 Å². The molecule has 22 heavy (non-hydrogen) atoms. The molecule has 0 fully saturated rings. The van der Waals surface area contributed by atoms with Gasteiger partial charge in [-0.25, -0.2) is 0 Å². The summed E-state index contributed by atoms with van der Waals surface area (Å²) in [5, 5.41) is 2.60. The van der Waals surface area contributed by atoms with E-state index in [1.807, 2.05) is 13.8 Å². The standard InChI is InChI=1S/C14H20F2N2O3.ClH/c1-8(2)12(17)13(19)18-7-9-6-10(20-3)4-5-11(9)21-14(15)16;/h4-6,8,12,14H,7,17H2,1-3H3,(H,18,19);1H/t12-;/m0./s1. The second kappa shape index (κ2) is 9.42. The number of benzene rings is 1. The van der Waals surface area contributed by atoms with Crippen molar-refractivity contribution in [2.75, 3.05) is 7.11 Å². The fourth-order valence-electron chi connectivity index (χ4n) is 1.63. The van der Waals surface area contributed by atoms with Crippen molar-refractivity contribution in [3.63, 3.8) is 0 Å². The van der Waals surface area contributed by atoms with E-state index in [4.69, 9.17) is 10.5 Å². The number of halogens is 3.